The molecule has 0 aliphatic carbocycles. The van der Waals surface area contributed by atoms with Gasteiger partial charge in [0.1, 0.15) is 24.8 Å². The summed E-state index contributed by atoms with van der Waals surface area (Å²) in [6, 6.07) is 18.9. The second-order valence-corrected chi connectivity index (χ2v) is 8.79. The number of hydrogen-bond acceptors (Lipinski definition) is 6. The summed E-state index contributed by atoms with van der Waals surface area (Å²) in [5, 5.41) is -0.356. The topological polar surface area (TPSA) is 65.1 Å². The quantitative estimate of drug-likeness (QED) is 0.349. The molecule has 4 rings (SSSR count). The average Bonchev–Trinajstić information content (AvgIpc) is 3.11. The zero-order chi connectivity index (χ0) is 24.8. The van der Waals surface area contributed by atoms with E-state index in [0.29, 0.717) is 22.8 Å². The Morgan fingerprint density at radius 1 is 1.00 bits per heavy atom. The smallest absolute Gasteiger partial charge is 0.293 e. The molecule has 0 radical (unpaired) electrons. The van der Waals surface area contributed by atoms with Gasteiger partial charge in [-0.05, 0) is 66.2 Å². The Morgan fingerprint density at radius 2 is 1.77 bits per heavy atom. The lowest BCUT2D eigenvalue weighted by Crippen LogP contribution is -2.32. The Hall–Kier alpha value is -3.78. The molecule has 2 amide bonds. The van der Waals surface area contributed by atoms with E-state index in [-0.39, 0.29) is 41.6 Å². The number of carbonyl (C=O) groups excluding carboxylic acids is 2. The maximum absolute atomic E-state index is 13.2. The van der Waals surface area contributed by atoms with E-state index >= 15 is 0 Å². The number of halogens is 1. The molecule has 0 atom stereocenters. The number of rotatable bonds is 9. The summed E-state index contributed by atoms with van der Waals surface area (Å²) in [5.74, 6) is 0.874. The van der Waals surface area contributed by atoms with Crippen LogP contribution in [-0.4, -0.2) is 36.3 Å². The number of hydrogen-bond donors (Lipinski definition) is 0. The Balaban J connectivity index is 1.47. The Morgan fingerprint density at radius 3 is 2.51 bits per heavy atom. The zero-order valence-electron chi connectivity index (χ0n) is 19.3. The van der Waals surface area contributed by atoms with Gasteiger partial charge in [-0.15, -0.1) is 0 Å². The van der Waals surface area contributed by atoms with Gasteiger partial charge in [0, 0.05) is 5.56 Å². The number of amides is 2. The van der Waals surface area contributed by atoms with Crippen molar-refractivity contribution in [1.29, 1.82) is 0 Å². The van der Waals surface area contributed by atoms with E-state index < -0.39 is 0 Å². The minimum Gasteiger partial charge on any atom is -0.493 e. The molecule has 8 heteroatoms. The average molecular weight is 494 g/mol. The van der Waals surface area contributed by atoms with E-state index in [1.807, 2.05) is 31.2 Å². The SMILES string of the molecule is COc1cccc(/C=C2\SC(=O)N(CCOc3cccc(C)c3)C2=O)c1OCc1ccc(F)cc1. The molecule has 3 aromatic carbocycles. The maximum atomic E-state index is 13.2. The highest BCUT2D eigenvalue weighted by Gasteiger charge is 2.35. The van der Waals surface area contributed by atoms with Crippen LogP contribution in [0.15, 0.2) is 71.6 Å². The lowest BCUT2D eigenvalue weighted by molar-refractivity contribution is -0.123. The van der Waals surface area contributed by atoms with Crippen LogP contribution in [-0.2, 0) is 11.4 Å². The third-order valence-electron chi connectivity index (χ3n) is 5.26. The van der Waals surface area contributed by atoms with Gasteiger partial charge in [-0.1, -0.05) is 36.4 Å². The Labute approximate surface area is 207 Å². The first-order chi connectivity index (χ1) is 16.9. The number of para-hydroxylation sites is 1. The number of ether oxygens (including phenoxy) is 3. The molecule has 0 aromatic heterocycles. The van der Waals surface area contributed by atoms with Crippen molar-refractivity contribution >= 4 is 29.0 Å². The molecule has 3 aromatic rings. The van der Waals surface area contributed by atoms with Crippen LogP contribution in [0.3, 0.4) is 0 Å². The van der Waals surface area contributed by atoms with Crippen molar-refractivity contribution in [2.45, 2.75) is 13.5 Å². The lowest BCUT2D eigenvalue weighted by atomic mass is 10.1. The molecule has 0 unspecified atom stereocenters. The van der Waals surface area contributed by atoms with Crippen LogP contribution in [0, 0.1) is 12.7 Å². The van der Waals surface area contributed by atoms with Gasteiger partial charge in [0.25, 0.3) is 11.1 Å². The van der Waals surface area contributed by atoms with Gasteiger partial charge in [0.15, 0.2) is 11.5 Å². The first-order valence-corrected chi connectivity index (χ1v) is 11.8. The summed E-state index contributed by atoms with van der Waals surface area (Å²) in [5.41, 5.74) is 2.43. The largest absolute Gasteiger partial charge is 0.493 e. The van der Waals surface area contributed by atoms with Crippen LogP contribution in [0.2, 0.25) is 0 Å². The summed E-state index contributed by atoms with van der Waals surface area (Å²) in [6.07, 6.45) is 1.62. The number of methoxy groups -OCH3 is 1. The third-order valence-corrected chi connectivity index (χ3v) is 6.17. The van der Waals surface area contributed by atoms with E-state index in [1.54, 1.807) is 36.4 Å². The van der Waals surface area contributed by atoms with Gasteiger partial charge in [0.2, 0.25) is 0 Å². The van der Waals surface area contributed by atoms with Crippen molar-refractivity contribution < 1.29 is 28.2 Å². The summed E-state index contributed by atoms with van der Waals surface area (Å²) >= 11 is 0.869. The monoisotopic (exact) mass is 493 g/mol. The first-order valence-electron chi connectivity index (χ1n) is 10.9. The molecule has 1 aliphatic rings. The number of benzene rings is 3. The fourth-order valence-electron chi connectivity index (χ4n) is 3.49. The molecule has 6 nitrogen and oxygen atoms in total. The normalized spacial score (nSPS) is 14.5. The number of imide groups is 1. The molecular formula is C27H24FNO5S. The fourth-order valence-corrected chi connectivity index (χ4v) is 4.35. The van der Waals surface area contributed by atoms with E-state index in [1.165, 1.54) is 24.1 Å². The van der Waals surface area contributed by atoms with E-state index in [4.69, 9.17) is 14.2 Å². The molecule has 0 saturated carbocycles. The molecule has 180 valence electrons. The van der Waals surface area contributed by atoms with Crippen LogP contribution >= 0.6 is 11.8 Å². The summed E-state index contributed by atoms with van der Waals surface area (Å²) in [7, 11) is 1.52. The highest BCUT2D eigenvalue weighted by molar-refractivity contribution is 8.18. The second-order valence-electron chi connectivity index (χ2n) is 7.79. The fraction of sp³-hybridized carbons (Fsp3) is 0.185. The van der Waals surface area contributed by atoms with Crippen molar-refractivity contribution in [3.05, 3.63) is 94.1 Å². The number of aryl methyl sites for hydroxylation is 1. The van der Waals surface area contributed by atoms with Crippen molar-refractivity contribution in [3.63, 3.8) is 0 Å². The van der Waals surface area contributed by atoms with E-state index in [2.05, 4.69) is 0 Å². The van der Waals surface area contributed by atoms with Gasteiger partial charge in [0.05, 0.1) is 18.6 Å². The van der Waals surface area contributed by atoms with Crippen LogP contribution in [0.1, 0.15) is 16.7 Å². The third kappa shape index (κ3) is 6.02. The predicted molar refractivity (Wildman–Crippen MR) is 133 cm³/mol. The maximum Gasteiger partial charge on any atom is 0.293 e. The minimum absolute atomic E-state index is 0.141. The van der Waals surface area contributed by atoms with E-state index in [0.717, 1.165) is 22.9 Å². The molecule has 0 N–H and O–H groups in total. The summed E-state index contributed by atoms with van der Waals surface area (Å²) in [4.78, 5) is 26.9. The minimum atomic E-state index is -0.389. The van der Waals surface area contributed by atoms with Crippen LogP contribution in [0.5, 0.6) is 17.2 Å². The van der Waals surface area contributed by atoms with Crippen LogP contribution in [0.4, 0.5) is 9.18 Å². The summed E-state index contributed by atoms with van der Waals surface area (Å²) < 4.78 is 30.3. The molecule has 1 saturated heterocycles. The van der Waals surface area contributed by atoms with E-state index in [9.17, 15) is 14.0 Å². The first kappa shape index (κ1) is 24.3. The van der Waals surface area contributed by atoms with Gasteiger partial charge >= 0.3 is 0 Å². The number of thioether (sulfide) groups is 1. The Kier molecular flexibility index (Phi) is 7.72. The van der Waals surface area contributed by atoms with Crippen molar-refractivity contribution in [3.8, 4) is 17.2 Å². The predicted octanol–water partition coefficient (Wildman–Crippen LogP) is 5.84. The highest BCUT2D eigenvalue weighted by atomic mass is 32.2. The number of carbonyl (C=O) groups is 2. The Bertz CT molecular complexity index is 1260. The van der Waals surface area contributed by atoms with Gasteiger partial charge in [-0.25, -0.2) is 4.39 Å². The van der Waals surface area contributed by atoms with Crippen LogP contribution in [0.25, 0.3) is 6.08 Å². The molecule has 35 heavy (non-hydrogen) atoms. The van der Waals surface area contributed by atoms with Gasteiger partial charge < -0.3 is 14.2 Å². The molecule has 0 bridgehead atoms. The molecule has 0 spiro atoms. The second kappa shape index (κ2) is 11.1. The highest BCUT2D eigenvalue weighted by Crippen LogP contribution is 2.37. The molecule has 1 fully saturated rings. The summed E-state index contributed by atoms with van der Waals surface area (Å²) in [6.45, 7) is 2.48. The number of nitrogens with zero attached hydrogens (tertiary/aromatic N) is 1. The molecule has 1 heterocycles. The van der Waals surface area contributed by atoms with Crippen molar-refractivity contribution in [2.24, 2.45) is 0 Å². The van der Waals surface area contributed by atoms with Crippen molar-refractivity contribution in [1.82, 2.24) is 4.90 Å². The van der Waals surface area contributed by atoms with Crippen LogP contribution < -0.4 is 14.2 Å². The lowest BCUT2D eigenvalue weighted by Gasteiger charge is -2.14. The molecular weight excluding hydrogens is 469 g/mol. The standard InChI is InChI=1S/C27H24FNO5S/c1-18-5-3-7-22(15-18)33-14-13-29-26(30)24(35-27(29)31)16-20-6-4-8-23(32-2)25(20)34-17-19-9-11-21(28)12-10-19/h3-12,15-16H,13-14,17H2,1-2H3/b24-16-. The van der Waals surface area contributed by atoms with Crippen molar-refractivity contribution in [2.75, 3.05) is 20.3 Å². The molecule has 1 aliphatic heterocycles. The van der Waals surface area contributed by atoms with Gasteiger partial charge in [-0.2, -0.15) is 0 Å². The van der Waals surface area contributed by atoms with Gasteiger partial charge in [-0.3, -0.25) is 14.5 Å². The zero-order valence-corrected chi connectivity index (χ0v) is 20.1.